The average molecular weight is 466 g/mol. The molecule has 3 amide bonds. The van der Waals surface area contributed by atoms with Gasteiger partial charge in [0.05, 0.1) is 24.5 Å². The molecule has 3 aromatic rings. The van der Waals surface area contributed by atoms with E-state index in [-0.39, 0.29) is 12.8 Å². The zero-order valence-corrected chi connectivity index (χ0v) is 18.6. The van der Waals surface area contributed by atoms with Crippen molar-refractivity contribution in [2.45, 2.75) is 38.0 Å². The molecule has 34 heavy (non-hydrogen) atoms. The van der Waals surface area contributed by atoms with Gasteiger partial charge in [-0.1, -0.05) is 54.6 Å². The molecular weight excluding hydrogens is 438 g/mol. The maximum atomic E-state index is 12.9. The van der Waals surface area contributed by atoms with E-state index in [1.807, 2.05) is 54.6 Å². The summed E-state index contributed by atoms with van der Waals surface area (Å²) < 4.78 is 0. The number of hydroxylamine groups is 1. The van der Waals surface area contributed by atoms with Crippen molar-refractivity contribution in [3.8, 4) is 11.1 Å². The number of benzene rings is 2. The number of nitrogens with one attached hydrogen (secondary N) is 4. The second kappa shape index (κ2) is 11.7. The molecule has 2 aromatic carbocycles. The van der Waals surface area contributed by atoms with Gasteiger partial charge in [0.2, 0.25) is 11.8 Å². The first-order valence-electron chi connectivity index (χ1n) is 10.7. The van der Waals surface area contributed by atoms with Crippen LogP contribution in [0.15, 0.2) is 67.1 Å². The first-order chi connectivity index (χ1) is 16.4. The zero-order valence-electron chi connectivity index (χ0n) is 18.6. The van der Waals surface area contributed by atoms with Gasteiger partial charge >= 0.3 is 0 Å². The Morgan fingerprint density at radius 1 is 0.971 bits per heavy atom. The van der Waals surface area contributed by atoms with Crippen molar-refractivity contribution in [1.29, 1.82) is 0 Å². The molecule has 10 nitrogen and oxygen atoms in total. The lowest BCUT2D eigenvalue weighted by molar-refractivity contribution is -0.138. The van der Waals surface area contributed by atoms with Crippen LogP contribution < -0.4 is 16.1 Å². The Balaban J connectivity index is 1.68. The molecule has 3 rings (SSSR count). The molecule has 1 aromatic heterocycles. The van der Waals surface area contributed by atoms with Crippen LogP contribution in [0.25, 0.3) is 11.1 Å². The standard InChI is InChI=1S/C24H27N5O5/c1-15(30)22(24(33)29-34)28-23(32)20(12-19-13-25-14-26-19)27-21(31)11-16-7-9-18(10-8-16)17-5-3-2-4-6-17/h2-10,13-15,20,22,30,34H,11-12H2,1H3,(H,25,26)(H,27,31)(H,28,32)(H,29,33)/t15-,20+,22+/m1/s1. The highest BCUT2D eigenvalue weighted by Gasteiger charge is 2.30. The fourth-order valence-electron chi connectivity index (χ4n) is 3.43. The molecule has 0 aliphatic rings. The van der Waals surface area contributed by atoms with Crippen LogP contribution in [0.3, 0.4) is 0 Å². The van der Waals surface area contributed by atoms with Crippen LogP contribution in [0.1, 0.15) is 18.2 Å². The molecule has 0 unspecified atom stereocenters. The molecule has 0 radical (unpaired) electrons. The van der Waals surface area contributed by atoms with Crippen LogP contribution >= 0.6 is 0 Å². The third-order valence-corrected chi connectivity index (χ3v) is 5.22. The summed E-state index contributed by atoms with van der Waals surface area (Å²) in [6, 6.07) is 14.9. The minimum absolute atomic E-state index is 0.0381. The van der Waals surface area contributed by atoms with E-state index in [4.69, 9.17) is 5.21 Å². The van der Waals surface area contributed by atoms with Crippen LogP contribution in [0.4, 0.5) is 0 Å². The number of amides is 3. The fraction of sp³-hybridized carbons (Fsp3) is 0.250. The number of aliphatic hydroxyl groups excluding tert-OH is 1. The van der Waals surface area contributed by atoms with E-state index in [1.165, 1.54) is 18.7 Å². The third-order valence-electron chi connectivity index (χ3n) is 5.22. The average Bonchev–Trinajstić information content (AvgIpc) is 3.35. The van der Waals surface area contributed by atoms with Crippen LogP contribution in [0, 0.1) is 0 Å². The van der Waals surface area contributed by atoms with E-state index in [2.05, 4.69) is 20.6 Å². The molecule has 0 saturated heterocycles. The minimum Gasteiger partial charge on any atom is -0.391 e. The van der Waals surface area contributed by atoms with Gasteiger partial charge in [-0.3, -0.25) is 19.6 Å². The smallest absolute Gasteiger partial charge is 0.268 e. The highest BCUT2D eigenvalue weighted by Crippen LogP contribution is 2.19. The van der Waals surface area contributed by atoms with Gasteiger partial charge in [-0.25, -0.2) is 10.5 Å². The van der Waals surface area contributed by atoms with Gasteiger partial charge in [-0.2, -0.15) is 0 Å². The quantitative estimate of drug-likeness (QED) is 0.191. The Labute approximate surface area is 196 Å². The summed E-state index contributed by atoms with van der Waals surface area (Å²) >= 11 is 0. The van der Waals surface area contributed by atoms with Crippen molar-refractivity contribution in [3.05, 3.63) is 78.4 Å². The second-order valence-electron chi connectivity index (χ2n) is 7.83. The Kier molecular flexibility index (Phi) is 8.49. The molecule has 1 heterocycles. The van der Waals surface area contributed by atoms with Crippen LogP contribution in [0.2, 0.25) is 0 Å². The van der Waals surface area contributed by atoms with E-state index in [9.17, 15) is 19.5 Å². The fourth-order valence-corrected chi connectivity index (χ4v) is 3.43. The van der Waals surface area contributed by atoms with Crippen molar-refractivity contribution in [2.75, 3.05) is 0 Å². The Morgan fingerprint density at radius 2 is 1.65 bits per heavy atom. The summed E-state index contributed by atoms with van der Waals surface area (Å²) in [4.78, 5) is 44.2. The second-order valence-corrected chi connectivity index (χ2v) is 7.83. The highest BCUT2D eigenvalue weighted by atomic mass is 16.5. The van der Waals surface area contributed by atoms with E-state index in [0.29, 0.717) is 5.69 Å². The first-order valence-corrected chi connectivity index (χ1v) is 10.7. The number of nitrogens with zero attached hydrogens (tertiary/aromatic N) is 1. The van der Waals surface area contributed by atoms with Gasteiger partial charge in [0.15, 0.2) is 0 Å². The molecule has 0 aliphatic heterocycles. The summed E-state index contributed by atoms with van der Waals surface area (Å²) in [5, 5.41) is 23.7. The van der Waals surface area contributed by atoms with Gasteiger partial charge in [0.25, 0.3) is 5.91 Å². The van der Waals surface area contributed by atoms with E-state index in [0.717, 1.165) is 16.7 Å². The lowest BCUT2D eigenvalue weighted by atomic mass is 10.0. The normalized spacial score (nSPS) is 13.4. The predicted octanol–water partition coefficient (Wildman–Crippen LogP) is 0.718. The van der Waals surface area contributed by atoms with Crippen molar-refractivity contribution in [3.63, 3.8) is 0 Å². The Hall–Kier alpha value is -4.02. The number of aromatic nitrogens is 2. The van der Waals surface area contributed by atoms with Crippen LogP contribution in [0.5, 0.6) is 0 Å². The number of H-pyrrole nitrogens is 1. The molecule has 10 heteroatoms. The van der Waals surface area contributed by atoms with Crippen LogP contribution in [-0.4, -0.2) is 56.2 Å². The number of imidazole rings is 1. The summed E-state index contributed by atoms with van der Waals surface area (Å²) in [7, 11) is 0. The van der Waals surface area contributed by atoms with Crippen molar-refractivity contribution in [1.82, 2.24) is 26.1 Å². The number of rotatable bonds is 10. The molecule has 6 N–H and O–H groups in total. The van der Waals surface area contributed by atoms with Crippen LogP contribution in [-0.2, 0) is 27.2 Å². The Morgan fingerprint density at radius 3 is 2.24 bits per heavy atom. The molecule has 0 fully saturated rings. The van der Waals surface area contributed by atoms with Crippen molar-refractivity contribution < 1.29 is 24.7 Å². The Bertz CT molecular complexity index is 1080. The molecule has 0 spiro atoms. The largest absolute Gasteiger partial charge is 0.391 e. The van der Waals surface area contributed by atoms with E-state index >= 15 is 0 Å². The topological polar surface area (TPSA) is 156 Å². The number of hydrogen-bond acceptors (Lipinski definition) is 6. The first kappa shape index (κ1) is 24.6. The number of aromatic amines is 1. The van der Waals surface area contributed by atoms with E-state index < -0.39 is 35.9 Å². The number of hydrogen-bond donors (Lipinski definition) is 6. The van der Waals surface area contributed by atoms with Gasteiger partial charge in [0, 0.05) is 12.6 Å². The summed E-state index contributed by atoms with van der Waals surface area (Å²) in [5.74, 6) is -2.08. The zero-order chi connectivity index (χ0) is 24.5. The summed E-state index contributed by atoms with van der Waals surface area (Å²) in [5.41, 5.74) is 4.77. The van der Waals surface area contributed by atoms with Gasteiger partial charge in [0.1, 0.15) is 12.1 Å². The molecular formula is C24H27N5O5. The summed E-state index contributed by atoms with van der Waals surface area (Å²) in [6.45, 7) is 1.29. The van der Waals surface area contributed by atoms with Gasteiger partial charge < -0.3 is 20.7 Å². The maximum Gasteiger partial charge on any atom is 0.268 e. The minimum atomic E-state index is -1.40. The van der Waals surface area contributed by atoms with Gasteiger partial charge in [-0.15, -0.1) is 0 Å². The van der Waals surface area contributed by atoms with Gasteiger partial charge in [-0.05, 0) is 23.6 Å². The molecule has 0 saturated carbocycles. The molecule has 3 atom stereocenters. The SMILES string of the molecule is C[C@@H](O)[C@H](NC(=O)[C@H](Cc1c[nH]cn1)NC(=O)Cc1ccc(-c2ccccc2)cc1)C(=O)NO. The lowest BCUT2D eigenvalue weighted by Crippen LogP contribution is -2.57. The number of carbonyl (C=O) groups is 3. The van der Waals surface area contributed by atoms with Crippen molar-refractivity contribution in [2.24, 2.45) is 0 Å². The van der Waals surface area contributed by atoms with E-state index in [1.54, 1.807) is 6.20 Å². The third kappa shape index (κ3) is 6.74. The maximum absolute atomic E-state index is 12.9. The lowest BCUT2D eigenvalue weighted by Gasteiger charge is -2.23. The predicted molar refractivity (Wildman–Crippen MR) is 123 cm³/mol. The summed E-state index contributed by atoms with van der Waals surface area (Å²) in [6.07, 6.45) is 1.85. The highest BCUT2D eigenvalue weighted by molar-refractivity contribution is 5.92. The monoisotopic (exact) mass is 465 g/mol. The van der Waals surface area contributed by atoms with Crippen molar-refractivity contribution >= 4 is 17.7 Å². The molecule has 0 bridgehead atoms. The number of carbonyl (C=O) groups excluding carboxylic acids is 3. The molecule has 0 aliphatic carbocycles. The number of aliphatic hydroxyl groups is 1. The molecule has 178 valence electrons.